The summed E-state index contributed by atoms with van der Waals surface area (Å²) in [5.41, 5.74) is 2.12. The van der Waals surface area contributed by atoms with E-state index in [0.717, 1.165) is 5.56 Å². The molecular weight excluding hydrogens is 486 g/mol. The molecule has 1 saturated heterocycles. The molecule has 33 heavy (non-hydrogen) atoms. The van der Waals surface area contributed by atoms with Crippen molar-refractivity contribution < 1.29 is 18.7 Å². The average molecular weight is 503 g/mol. The molecule has 1 aliphatic heterocycles. The molecule has 1 N–H and O–H groups in total. The van der Waals surface area contributed by atoms with E-state index in [0.29, 0.717) is 42.9 Å². The van der Waals surface area contributed by atoms with Crippen LogP contribution in [0.3, 0.4) is 0 Å². The minimum atomic E-state index is -0.318. The van der Waals surface area contributed by atoms with E-state index >= 15 is 0 Å². The second-order valence-electron chi connectivity index (χ2n) is 6.91. The van der Waals surface area contributed by atoms with Gasteiger partial charge in [-0.3, -0.25) is 4.79 Å². The summed E-state index contributed by atoms with van der Waals surface area (Å²) in [6.07, 6.45) is 1.70. The lowest BCUT2D eigenvalue weighted by Crippen LogP contribution is -2.19. The van der Waals surface area contributed by atoms with Gasteiger partial charge in [0, 0.05) is 5.02 Å². The van der Waals surface area contributed by atoms with Gasteiger partial charge in [0.2, 0.25) is 0 Å². The molecule has 0 spiro atoms. The number of methoxy groups -OCH3 is 1. The standard InChI is InChI=1S/C24H17Cl2FN2O3S/c1-31-20-11-15(10-19(26)22(20)32-13-14-2-6-17(27)7-3-14)12-21-23(30)29-24(33-21)28-18-8-4-16(25)5-9-18/h2-12H,13H2,1H3,(H,28,29,30)/b21-12-. The predicted molar refractivity (Wildman–Crippen MR) is 131 cm³/mol. The Balaban J connectivity index is 1.52. The molecule has 0 aromatic heterocycles. The molecular formula is C24H17Cl2FN2O3S. The van der Waals surface area contributed by atoms with E-state index in [1.165, 1.54) is 31.0 Å². The van der Waals surface area contributed by atoms with Crippen molar-refractivity contribution in [3.63, 3.8) is 0 Å². The van der Waals surface area contributed by atoms with Gasteiger partial charge in [-0.2, -0.15) is 0 Å². The van der Waals surface area contributed by atoms with Crippen molar-refractivity contribution in [2.75, 3.05) is 7.11 Å². The van der Waals surface area contributed by atoms with E-state index in [2.05, 4.69) is 10.3 Å². The molecule has 0 unspecified atom stereocenters. The van der Waals surface area contributed by atoms with Gasteiger partial charge in [-0.15, -0.1) is 0 Å². The van der Waals surface area contributed by atoms with Gasteiger partial charge in [0.15, 0.2) is 16.7 Å². The third-order valence-electron chi connectivity index (χ3n) is 4.55. The van der Waals surface area contributed by atoms with Crippen LogP contribution in [0.25, 0.3) is 6.08 Å². The first kappa shape index (κ1) is 23.2. The summed E-state index contributed by atoms with van der Waals surface area (Å²) in [5, 5.41) is 4.14. The van der Waals surface area contributed by atoms with Gasteiger partial charge in [0.25, 0.3) is 5.91 Å². The summed E-state index contributed by atoms with van der Waals surface area (Å²) < 4.78 is 24.3. The van der Waals surface area contributed by atoms with Crippen LogP contribution in [-0.4, -0.2) is 18.2 Å². The number of aliphatic imine (C=N–C) groups is 1. The maximum Gasteiger partial charge on any atom is 0.264 e. The van der Waals surface area contributed by atoms with Crippen molar-refractivity contribution in [2.24, 2.45) is 4.99 Å². The highest BCUT2D eigenvalue weighted by atomic mass is 35.5. The van der Waals surface area contributed by atoms with Crippen LogP contribution in [0.5, 0.6) is 11.5 Å². The summed E-state index contributed by atoms with van der Waals surface area (Å²) in [6, 6.07) is 16.4. The summed E-state index contributed by atoms with van der Waals surface area (Å²) in [7, 11) is 1.50. The molecule has 5 nitrogen and oxygen atoms in total. The molecule has 0 radical (unpaired) electrons. The number of ether oxygens (including phenoxy) is 2. The van der Waals surface area contributed by atoms with E-state index in [9.17, 15) is 9.18 Å². The van der Waals surface area contributed by atoms with Gasteiger partial charge in [-0.25, -0.2) is 9.38 Å². The van der Waals surface area contributed by atoms with Gasteiger partial charge in [-0.1, -0.05) is 35.3 Å². The number of hydrogen-bond donors (Lipinski definition) is 1. The molecule has 3 aromatic carbocycles. The second kappa shape index (κ2) is 10.3. The second-order valence-corrected chi connectivity index (χ2v) is 8.78. The number of carbonyl (C=O) groups excluding carboxylic acids is 1. The molecule has 3 aromatic rings. The number of nitrogens with zero attached hydrogens (tertiary/aromatic N) is 1. The smallest absolute Gasteiger partial charge is 0.264 e. The predicted octanol–water partition coefficient (Wildman–Crippen LogP) is 6.61. The third kappa shape index (κ3) is 5.87. The minimum Gasteiger partial charge on any atom is -0.493 e. The zero-order chi connectivity index (χ0) is 23.4. The van der Waals surface area contributed by atoms with Crippen molar-refractivity contribution in [1.82, 2.24) is 5.32 Å². The molecule has 1 amide bonds. The van der Waals surface area contributed by atoms with Gasteiger partial charge in [0.1, 0.15) is 12.4 Å². The maximum absolute atomic E-state index is 13.1. The third-order valence-corrected chi connectivity index (χ3v) is 6.00. The number of rotatable bonds is 6. The Morgan fingerprint density at radius 1 is 1.09 bits per heavy atom. The lowest BCUT2D eigenvalue weighted by molar-refractivity contribution is -0.115. The topological polar surface area (TPSA) is 59.9 Å². The fourth-order valence-corrected chi connectivity index (χ4v) is 4.21. The van der Waals surface area contributed by atoms with E-state index in [4.69, 9.17) is 32.7 Å². The molecule has 168 valence electrons. The van der Waals surface area contributed by atoms with Crippen molar-refractivity contribution in [3.8, 4) is 11.5 Å². The molecule has 1 heterocycles. The normalized spacial score (nSPS) is 15.7. The van der Waals surface area contributed by atoms with Crippen LogP contribution in [-0.2, 0) is 11.4 Å². The van der Waals surface area contributed by atoms with Crippen LogP contribution in [0, 0.1) is 5.82 Å². The number of amides is 1. The van der Waals surface area contributed by atoms with Crippen LogP contribution >= 0.6 is 35.0 Å². The van der Waals surface area contributed by atoms with Crippen molar-refractivity contribution in [3.05, 3.63) is 92.6 Å². The van der Waals surface area contributed by atoms with E-state index in [-0.39, 0.29) is 18.3 Å². The monoisotopic (exact) mass is 502 g/mol. The molecule has 0 aliphatic carbocycles. The maximum atomic E-state index is 13.1. The number of carbonyl (C=O) groups is 1. The minimum absolute atomic E-state index is 0.194. The van der Waals surface area contributed by atoms with Gasteiger partial charge in [-0.05, 0) is 77.5 Å². The number of halogens is 3. The Bertz CT molecular complexity index is 1250. The summed E-state index contributed by atoms with van der Waals surface area (Å²) in [5.74, 6) is 0.190. The fourth-order valence-electron chi connectivity index (χ4n) is 2.96. The lowest BCUT2D eigenvalue weighted by Gasteiger charge is -2.13. The van der Waals surface area contributed by atoms with Crippen LogP contribution in [0.1, 0.15) is 11.1 Å². The number of amidine groups is 1. The zero-order valence-electron chi connectivity index (χ0n) is 17.3. The van der Waals surface area contributed by atoms with Crippen molar-refractivity contribution >= 4 is 57.8 Å². The molecule has 0 saturated carbocycles. The average Bonchev–Trinajstić information content (AvgIpc) is 3.13. The summed E-state index contributed by atoms with van der Waals surface area (Å²) >= 11 is 13.5. The zero-order valence-corrected chi connectivity index (χ0v) is 19.6. The Morgan fingerprint density at radius 2 is 1.82 bits per heavy atom. The number of thioether (sulfide) groups is 1. The Morgan fingerprint density at radius 3 is 2.52 bits per heavy atom. The van der Waals surface area contributed by atoms with Crippen LogP contribution in [0.4, 0.5) is 10.1 Å². The van der Waals surface area contributed by atoms with Crippen LogP contribution < -0.4 is 14.8 Å². The molecule has 1 aliphatic rings. The highest BCUT2D eigenvalue weighted by molar-refractivity contribution is 8.18. The molecule has 1 fully saturated rings. The van der Waals surface area contributed by atoms with Gasteiger partial charge in [0.05, 0.1) is 22.7 Å². The molecule has 0 bridgehead atoms. The fraction of sp³-hybridized carbons (Fsp3) is 0.0833. The lowest BCUT2D eigenvalue weighted by atomic mass is 10.1. The Hall–Kier alpha value is -3.00. The summed E-state index contributed by atoms with van der Waals surface area (Å²) in [4.78, 5) is 17.3. The highest BCUT2D eigenvalue weighted by Crippen LogP contribution is 2.38. The first-order valence-electron chi connectivity index (χ1n) is 9.71. The Kier molecular flexibility index (Phi) is 7.23. The van der Waals surface area contributed by atoms with E-state index in [1.54, 1.807) is 54.6 Å². The Labute approximate surface area is 204 Å². The quantitative estimate of drug-likeness (QED) is 0.385. The largest absolute Gasteiger partial charge is 0.493 e. The first-order chi connectivity index (χ1) is 15.9. The van der Waals surface area contributed by atoms with Gasteiger partial charge >= 0.3 is 0 Å². The summed E-state index contributed by atoms with van der Waals surface area (Å²) in [6.45, 7) is 0.194. The molecule has 9 heteroatoms. The van der Waals surface area contributed by atoms with Gasteiger partial charge < -0.3 is 14.8 Å². The van der Waals surface area contributed by atoms with Crippen LogP contribution in [0.2, 0.25) is 10.0 Å². The number of nitrogens with one attached hydrogen (secondary N) is 1. The highest BCUT2D eigenvalue weighted by Gasteiger charge is 2.24. The molecule has 0 atom stereocenters. The van der Waals surface area contributed by atoms with Crippen molar-refractivity contribution in [1.29, 1.82) is 0 Å². The van der Waals surface area contributed by atoms with Crippen molar-refractivity contribution in [2.45, 2.75) is 6.61 Å². The first-order valence-corrected chi connectivity index (χ1v) is 11.3. The molecule has 4 rings (SSSR count). The number of hydrogen-bond acceptors (Lipinski definition) is 5. The van der Waals surface area contributed by atoms with E-state index in [1.807, 2.05) is 0 Å². The number of benzene rings is 3. The van der Waals surface area contributed by atoms with E-state index < -0.39 is 0 Å². The van der Waals surface area contributed by atoms with Crippen LogP contribution in [0.15, 0.2) is 70.6 Å². The SMILES string of the molecule is COc1cc(/C=C2\SC(=Nc3ccc(Cl)cc3)NC2=O)cc(Cl)c1OCc1ccc(F)cc1.